The number of rotatable bonds is 6. The number of para-hydroxylation sites is 2. The lowest BCUT2D eigenvalue weighted by molar-refractivity contribution is 0.482. The summed E-state index contributed by atoms with van der Waals surface area (Å²) in [7, 11) is 0. The molecule has 0 unspecified atom stereocenters. The van der Waals surface area contributed by atoms with E-state index in [1.54, 1.807) is 11.8 Å². The number of benzene rings is 4. The first-order valence-corrected chi connectivity index (χ1v) is 14.5. The number of hydrogen-bond acceptors (Lipinski definition) is 5. The van der Waals surface area contributed by atoms with Crippen LogP contribution in [0, 0.1) is 0 Å². The summed E-state index contributed by atoms with van der Waals surface area (Å²) in [6.07, 6.45) is 5.78. The van der Waals surface area contributed by atoms with Gasteiger partial charge in [-0.3, -0.25) is 4.90 Å². The normalized spacial score (nSPS) is 12.2. The molecule has 200 valence electrons. The van der Waals surface area contributed by atoms with Gasteiger partial charge in [-0.2, -0.15) is 0 Å². The van der Waals surface area contributed by atoms with Crippen LogP contribution in [0.3, 0.4) is 0 Å². The van der Waals surface area contributed by atoms with Crippen molar-refractivity contribution in [2.75, 3.05) is 4.90 Å². The van der Waals surface area contributed by atoms with Crippen molar-refractivity contribution >= 4 is 29.0 Å². The standard InChI is InChI=1S/C35H28N4OS/c1-24(2)25-17-18-36-35(20-25)39-31-13-6-7-14-33(31)41-34-16-15-29(21-32(34)39)40-28-12-8-9-26(19-28)30-22-38(23-37-30)27-10-4-3-5-11-27/h3-24H,1-2H3. The smallest absolute Gasteiger partial charge is 0.137 e. The zero-order valence-electron chi connectivity index (χ0n) is 22.8. The molecule has 0 amide bonds. The van der Waals surface area contributed by atoms with E-state index in [1.807, 2.05) is 65.8 Å². The third-order valence-corrected chi connectivity index (χ3v) is 8.30. The molecule has 0 N–H and O–H groups in total. The first-order valence-electron chi connectivity index (χ1n) is 13.7. The van der Waals surface area contributed by atoms with Gasteiger partial charge in [-0.05, 0) is 72.1 Å². The summed E-state index contributed by atoms with van der Waals surface area (Å²) in [4.78, 5) is 14.0. The zero-order valence-corrected chi connectivity index (χ0v) is 23.6. The lowest BCUT2D eigenvalue weighted by atomic mass is 10.0. The predicted octanol–water partition coefficient (Wildman–Crippen LogP) is 9.78. The SMILES string of the molecule is CC(C)c1ccnc(N2c3ccccc3Sc3ccc(Oc4cccc(-c5cn(-c6ccccc6)cn5)c4)cc32)c1. The summed E-state index contributed by atoms with van der Waals surface area (Å²) in [5.41, 5.74) is 6.39. The van der Waals surface area contributed by atoms with Gasteiger partial charge >= 0.3 is 0 Å². The molecular weight excluding hydrogens is 524 g/mol. The van der Waals surface area contributed by atoms with Crippen molar-refractivity contribution in [2.45, 2.75) is 29.6 Å². The number of anilines is 3. The first-order chi connectivity index (χ1) is 20.1. The fourth-order valence-corrected chi connectivity index (χ4v) is 6.07. The van der Waals surface area contributed by atoms with Crippen LogP contribution in [0.2, 0.25) is 0 Å². The maximum Gasteiger partial charge on any atom is 0.137 e. The molecule has 0 fully saturated rings. The summed E-state index contributed by atoms with van der Waals surface area (Å²) < 4.78 is 8.47. The van der Waals surface area contributed by atoms with Crippen LogP contribution in [0.4, 0.5) is 17.2 Å². The van der Waals surface area contributed by atoms with Crippen molar-refractivity contribution in [1.82, 2.24) is 14.5 Å². The summed E-state index contributed by atoms with van der Waals surface area (Å²) in [5.74, 6) is 2.83. The molecular formula is C35H28N4OS. The Morgan fingerprint density at radius 1 is 0.707 bits per heavy atom. The Hall–Kier alpha value is -4.81. The van der Waals surface area contributed by atoms with Gasteiger partial charge in [0.05, 0.1) is 23.4 Å². The molecule has 0 atom stereocenters. The van der Waals surface area contributed by atoms with Gasteiger partial charge in [0.25, 0.3) is 0 Å². The molecule has 0 saturated heterocycles. The Kier molecular flexibility index (Phi) is 6.53. The van der Waals surface area contributed by atoms with Gasteiger partial charge in [-0.15, -0.1) is 0 Å². The quantitative estimate of drug-likeness (QED) is 0.205. The topological polar surface area (TPSA) is 43.2 Å². The van der Waals surface area contributed by atoms with Crippen molar-refractivity contribution in [3.8, 4) is 28.4 Å². The molecule has 6 heteroatoms. The Bertz CT molecular complexity index is 1850. The minimum absolute atomic E-state index is 0.409. The van der Waals surface area contributed by atoms with Gasteiger partial charge in [0.1, 0.15) is 17.3 Å². The van der Waals surface area contributed by atoms with Crippen molar-refractivity contribution in [3.05, 3.63) is 133 Å². The van der Waals surface area contributed by atoms with Gasteiger partial charge in [0.15, 0.2) is 0 Å². The van der Waals surface area contributed by atoms with Crippen LogP contribution in [-0.2, 0) is 0 Å². The summed E-state index contributed by atoms with van der Waals surface area (Å²) >= 11 is 1.77. The van der Waals surface area contributed by atoms with Gasteiger partial charge in [-0.1, -0.05) is 68.1 Å². The first kappa shape index (κ1) is 25.2. The predicted molar refractivity (Wildman–Crippen MR) is 166 cm³/mol. The number of ether oxygens (including phenoxy) is 1. The highest BCUT2D eigenvalue weighted by Crippen LogP contribution is 2.52. The largest absolute Gasteiger partial charge is 0.457 e. The van der Waals surface area contributed by atoms with Crippen molar-refractivity contribution in [2.24, 2.45) is 0 Å². The maximum atomic E-state index is 6.44. The van der Waals surface area contributed by atoms with Crippen LogP contribution in [0.25, 0.3) is 16.9 Å². The highest BCUT2D eigenvalue weighted by Gasteiger charge is 2.26. The van der Waals surface area contributed by atoms with E-state index in [-0.39, 0.29) is 0 Å². The van der Waals surface area contributed by atoms with Crippen LogP contribution in [-0.4, -0.2) is 14.5 Å². The summed E-state index contributed by atoms with van der Waals surface area (Å²) in [6.45, 7) is 4.42. The fraction of sp³-hybridized carbons (Fsp3) is 0.0857. The molecule has 0 spiro atoms. The summed E-state index contributed by atoms with van der Waals surface area (Å²) in [6, 6.07) is 37.3. The average molecular weight is 553 g/mol. The molecule has 1 aliphatic heterocycles. The second-order valence-electron chi connectivity index (χ2n) is 10.3. The molecule has 4 aromatic carbocycles. The molecule has 41 heavy (non-hydrogen) atoms. The Labute approximate surface area is 244 Å². The summed E-state index contributed by atoms with van der Waals surface area (Å²) in [5, 5.41) is 0. The van der Waals surface area contributed by atoms with E-state index < -0.39 is 0 Å². The molecule has 1 aliphatic rings. The fourth-order valence-electron chi connectivity index (χ4n) is 5.03. The highest BCUT2D eigenvalue weighted by atomic mass is 32.2. The van der Waals surface area contributed by atoms with E-state index in [4.69, 9.17) is 9.72 Å². The molecule has 6 aromatic rings. The average Bonchev–Trinajstić information content (AvgIpc) is 3.51. The lowest BCUT2D eigenvalue weighted by Crippen LogP contribution is -2.16. The van der Waals surface area contributed by atoms with Crippen LogP contribution in [0.5, 0.6) is 11.5 Å². The molecule has 3 heterocycles. The third kappa shape index (κ3) is 4.98. The number of imidazole rings is 1. The molecule has 5 nitrogen and oxygen atoms in total. The van der Waals surface area contributed by atoms with E-state index >= 15 is 0 Å². The van der Waals surface area contributed by atoms with E-state index in [1.165, 1.54) is 10.5 Å². The van der Waals surface area contributed by atoms with Crippen LogP contribution in [0.1, 0.15) is 25.3 Å². The van der Waals surface area contributed by atoms with Crippen LogP contribution < -0.4 is 9.64 Å². The molecule has 0 saturated carbocycles. The van der Waals surface area contributed by atoms with Crippen molar-refractivity contribution < 1.29 is 4.74 Å². The van der Waals surface area contributed by atoms with Crippen LogP contribution >= 0.6 is 11.8 Å². The van der Waals surface area contributed by atoms with Gasteiger partial charge in [0.2, 0.25) is 0 Å². The van der Waals surface area contributed by atoms with Crippen molar-refractivity contribution in [3.63, 3.8) is 0 Å². The Morgan fingerprint density at radius 2 is 1.51 bits per heavy atom. The molecule has 0 radical (unpaired) electrons. The van der Waals surface area contributed by atoms with E-state index in [0.717, 1.165) is 50.5 Å². The van der Waals surface area contributed by atoms with E-state index in [9.17, 15) is 0 Å². The van der Waals surface area contributed by atoms with E-state index in [2.05, 4.69) is 90.5 Å². The minimum Gasteiger partial charge on any atom is -0.457 e. The zero-order chi connectivity index (χ0) is 27.8. The van der Waals surface area contributed by atoms with E-state index in [0.29, 0.717) is 5.92 Å². The van der Waals surface area contributed by atoms with Gasteiger partial charge in [0, 0.05) is 39.5 Å². The Balaban J connectivity index is 1.22. The maximum absolute atomic E-state index is 6.44. The number of hydrogen-bond donors (Lipinski definition) is 0. The number of fused-ring (bicyclic) bond motifs is 2. The molecule has 0 aliphatic carbocycles. The van der Waals surface area contributed by atoms with Crippen LogP contribution in [0.15, 0.2) is 138 Å². The minimum atomic E-state index is 0.409. The lowest BCUT2D eigenvalue weighted by Gasteiger charge is -2.32. The molecule has 7 rings (SSSR count). The number of pyridine rings is 1. The second kappa shape index (κ2) is 10.6. The molecule has 2 aromatic heterocycles. The molecule has 0 bridgehead atoms. The second-order valence-corrected chi connectivity index (χ2v) is 11.4. The third-order valence-electron chi connectivity index (χ3n) is 7.17. The Morgan fingerprint density at radius 3 is 2.39 bits per heavy atom. The highest BCUT2D eigenvalue weighted by molar-refractivity contribution is 7.99. The van der Waals surface area contributed by atoms with Crippen molar-refractivity contribution in [1.29, 1.82) is 0 Å². The number of nitrogens with zero attached hydrogens (tertiary/aromatic N) is 4. The van der Waals surface area contributed by atoms with Gasteiger partial charge < -0.3 is 9.30 Å². The monoisotopic (exact) mass is 552 g/mol. The number of aromatic nitrogens is 3. The van der Waals surface area contributed by atoms with Gasteiger partial charge in [-0.25, -0.2) is 9.97 Å².